The lowest BCUT2D eigenvalue weighted by molar-refractivity contribution is 0.0753. The SMILES string of the molecule is CCN1Cc2cccc(c2)-c2nncc(-c3ccccc3)c2C1=O. The number of fused-ring (bicyclic) bond motifs is 4. The Balaban J connectivity index is 2.02. The van der Waals surface area contributed by atoms with Crippen molar-refractivity contribution in [3.05, 3.63) is 71.9 Å². The predicted octanol–water partition coefficient (Wildman–Crippen LogP) is 3.79. The third-order valence-corrected chi connectivity index (χ3v) is 4.39. The van der Waals surface area contributed by atoms with Gasteiger partial charge in [-0.15, -0.1) is 5.10 Å². The first-order chi connectivity index (χ1) is 11.8. The van der Waals surface area contributed by atoms with Crippen LogP contribution in [-0.4, -0.2) is 27.5 Å². The van der Waals surface area contributed by atoms with Gasteiger partial charge in [0, 0.05) is 24.2 Å². The monoisotopic (exact) mass is 315 g/mol. The number of nitrogens with zero attached hydrogens (tertiary/aromatic N) is 3. The van der Waals surface area contributed by atoms with E-state index in [9.17, 15) is 4.79 Å². The average Bonchev–Trinajstić information content (AvgIpc) is 2.65. The number of hydrogen-bond donors (Lipinski definition) is 0. The van der Waals surface area contributed by atoms with E-state index in [0.717, 1.165) is 22.3 Å². The third kappa shape index (κ3) is 2.36. The van der Waals surface area contributed by atoms with Crippen LogP contribution in [0.25, 0.3) is 22.4 Å². The van der Waals surface area contributed by atoms with Gasteiger partial charge in [-0.3, -0.25) is 4.79 Å². The molecule has 2 aromatic carbocycles. The molecule has 4 nitrogen and oxygen atoms in total. The normalized spacial score (nSPS) is 13.2. The number of hydrogen-bond acceptors (Lipinski definition) is 3. The van der Waals surface area contributed by atoms with Gasteiger partial charge in [0.1, 0.15) is 5.69 Å². The minimum absolute atomic E-state index is 0.00746. The molecule has 0 fully saturated rings. The summed E-state index contributed by atoms with van der Waals surface area (Å²) < 4.78 is 0. The van der Waals surface area contributed by atoms with E-state index in [0.29, 0.717) is 24.3 Å². The van der Waals surface area contributed by atoms with Gasteiger partial charge in [0.2, 0.25) is 0 Å². The van der Waals surface area contributed by atoms with E-state index in [-0.39, 0.29) is 5.91 Å². The van der Waals surface area contributed by atoms with Gasteiger partial charge in [-0.25, -0.2) is 0 Å². The molecule has 2 bridgehead atoms. The highest BCUT2D eigenvalue weighted by Gasteiger charge is 2.26. The number of benzene rings is 2. The summed E-state index contributed by atoms with van der Waals surface area (Å²) in [6, 6.07) is 18.0. The molecule has 118 valence electrons. The van der Waals surface area contributed by atoms with Crippen LogP contribution in [0.5, 0.6) is 0 Å². The molecule has 0 unspecified atom stereocenters. The van der Waals surface area contributed by atoms with E-state index < -0.39 is 0 Å². The third-order valence-electron chi connectivity index (χ3n) is 4.39. The van der Waals surface area contributed by atoms with E-state index in [1.54, 1.807) is 6.20 Å². The fourth-order valence-electron chi connectivity index (χ4n) is 3.16. The van der Waals surface area contributed by atoms with Crippen molar-refractivity contribution in [3.63, 3.8) is 0 Å². The molecule has 0 N–H and O–H groups in total. The van der Waals surface area contributed by atoms with Crippen LogP contribution in [0.3, 0.4) is 0 Å². The Hall–Kier alpha value is -3.01. The molecule has 0 aliphatic carbocycles. The van der Waals surface area contributed by atoms with Crippen LogP contribution in [0.15, 0.2) is 60.8 Å². The highest BCUT2D eigenvalue weighted by atomic mass is 16.2. The summed E-state index contributed by atoms with van der Waals surface area (Å²) in [5, 5.41) is 8.47. The molecule has 1 amide bonds. The molecule has 4 rings (SSSR count). The Kier molecular flexibility index (Phi) is 3.58. The van der Waals surface area contributed by atoms with Gasteiger partial charge in [0.15, 0.2) is 0 Å². The molecule has 0 atom stereocenters. The van der Waals surface area contributed by atoms with Crippen LogP contribution in [0.2, 0.25) is 0 Å². The van der Waals surface area contributed by atoms with E-state index in [4.69, 9.17) is 0 Å². The molecule has 1 aliphatic heterocycles. The number of aromatic nitrogens is 2. The van der Waals surface area contributed by atoms with Crippen molar-refractivity contribution < 1.29 is 4.79 Å². The maximum absolute atomic E-state index is 13.2. The molecule has 24 heavy (non-hydrogen) atoms. The van der Waals surface area contributed by atoms with Gasteiger partial charge < -0.3 is 4.90 Å². The Morgan fingerprint density at radius 3 is 2.62 bits per heavy atom. The van der Waals surface area contributed by atoms with Crippen LogP contribution in [0.1, 0.15) is 22.8 Å². The maximum Gasteiger partial charge on any atom is 0.257 e. The topological polar surface area (TPSA) is 46.1 Å². The Bertz CT molecular complexity index is 906. The fraction of sp³-hybridized carbons (Fsp3) is 0.150. The van der Waals surface area contributed by atoms with Crippen molar-refractivity contribution >= 4 is 5.91 Å². The van der Waals surface area contributed by atoms with Gasteiger partial charge in [-0.1, -0.05) is 48.5 Å². The molecule has 1 aliphatic rings. The number of amides is 1. The molecule has 0 saturated carbocycles. The second kappa shape index (κ2) is 5.89. The van der Waals surface area contributed by atoms with Crippen molar-refractivity contribution in [2.24, 2.45) is 0 Å². The fourth-order valence-corrected chi connectivity index (χ4v) is 3.16. The largest absolute Gasteiger partial charge is 0.335 e. The lowest BCUT2D eigenvalue weighted by Gasteiger charge is -2.26. The first-order valence-corrected chi connectivity index (χ1v) is 8.07. The summed E-state index contributed by atoms with van der Waals surface area (Å²) in [6.45, 7) is 3.26. The zero-order valence-electron chi connectivity index (χ0n) is 13.4. The minimum atomic E-state index is 0.00746. The van der Waals surface area contributed by atoms with E-state index in [2.05, 4.69) is 16.3 Å². The minimum Gasteiger partial charge on any atom is -0.335 e. The average molecular weight is 315 g/mol. The maximum atomic E-state index is 13.2. The highest BCUT2D eigenvalue weighted by molar-refractivity contribution is 6.06. The number of carbonyl (C=O) groups is 1. The Labute approximate surface area is 140 Å². The molecular weight excluding hydrogens is 298 g/mol. The van der Waals surface area contributed by atoms with Crippen LogP contribution in [0, 0.1) is 0 Å². The van der Waals surface area contributed by atoms with Crippen LogP contribution in [-0.2, 0) is 6.54 Å². The Morgan fingerprint density at radius 2 is 1.83 bits per heavy atom. The van der Waals surface area contributed by atoms with E-state index in [1.807, 2.05) is 60.4 Å². The van der Waals surface area contributed by atoms with Crippen molar-refractivity contribution in [3.8, 4) is 22.4 Å². The molecule has 4 heteroatoms. The molecule has 2 heterocycles. The predicted molar refractivity (Wildman–Crippen MR) is 93.3 cm³/mol. The zero-order chi connectivity index (χ0) is 16.5. The number of carbonyl (C=O) groups excluding carboxylic acids is 1. The summed E-state index contributed by atoms with van der Waals surface area (Å²) in [4.78, 5) is 15.1. The molecular formula is C20H17N3O. The van der Waals surface area contributed by atoms with Gasteiger partial charge in [0.05, 0.1) is 11.8 Å². The molecule has 0 radical (unpaired) electrons. The van der Waals surface area contributed by atoms with Gasteiger partial charge in [0.25, 0.3) is 5.91 Å². The summed E-state index contributed by atoms with van der Waals surface area (Å²) in [7, 11) is 0. The summed E-state index contributed by atoms with van der Waals surface area (Å²) in [5.41, 5.74) is 5.15. The van der Waals surface area contributed by atoms with Crippen LogP contribution < -0.4 is 0 Å². The van der Waals surface area contributed by atoms with Gasteiger partial charge in [-0.2, -0.15) is 5.10 Å². The van der Waals surface area contributed by atoms with E-state index >= 15 is 0 Å². The van der Waals surface area contributed by atoms with Crippen LogP contribution in [0.4, 0.5) is 0 Å². The summed E-state index contributed by atoms with van der Waals surface area (Å²) in [6.07, 6.45) is 1.69. The zero-order valence-corrected chi connectivity index (χ0v) is 13.4. The van der Waals surface area contributed by atoms with Gasteiger partial charge in [-0.05, 0) is 24.1 Å². The first-order valence-electron chi connectivity index (χ1n) is 8.07. The second-order valence-corrected chi connectivity index (χ2v) is 5.87. The molecule has 3 aromatic rings. The number of rotatable bonds is 2. The second-order valence-electron chi connectivity index (χ2n) is 5.87. The molecule has 1 aromatic heterocycles. The smallest absolute Gasteiger partial charge is 0.257 e. The summed E-state index contributed by atoms with van der Waals surface area (Å²) in [5.74, 6) is 0.00746. The molecule has 0 saturated heterocycles. The van der Waals surface area contributed by atoms with Crippen molar-refractivity contribution in [1.82, 2.24) is 15.1 Å². The van der Waals surface area contributed by atoms with Crippen molar-refractivity contribution in [1.29, 1.82) is 0 Å². The highest BCUT2D eigenvalue weighted by Crippen LogP contribution is 2.33. The lowest BCUT2D eigenvalue weighted by atomic mass is 9.94. The quantitative estimate of drug-likeness (QED) is 0.723. The first kappa shape index (κ1) is 14.6. The standard InChI is InChI=1S/C20H17N3O/c1-2-23-13-14-7-6-10-16(11-14)19-18(20(23)24)17(12-21-22-19)15-8-4-3-5-9-15/h3-12H,2,13H2,1H3. The molecule has 0 spiro atoms. The van der Waals surface area contributed by atoms with Crippen molar-refractivity contribution in [2.75, 3.05) is 6.54 Å². The van der Waals surface area contributed by atoms with Crippen LogP contribution >= 0.6 is 0 Å². The lowest BCUT2D eigenvalue weighted by Crippen LogP contribution is -2.32. The van der Waals surface area contributed by atoms with E-state index in [1.165, 1.54) is 0 Å². The summed E-state index contributed by atoms with van der Waals surface area (Å²) >= 11 is 0. The van der Waals surface area contributed by atoms with Crippen molar-refractivity contribution in [2.45, 2.75) is 13.5 Å². The van der Waals surface area contributed by atoms with Gasteiger partial charge >= 0.3 is 0 Å². The Morgan fingerprint density at radius 1 is 1.04 bits per heavy atom.